The first-order chi connectivity index (χ1) is 16.2. The lowest BCUT2D eigenvalue weighted by Gasteiger charge is -2.01. The van der Waals surface area contributed by atoms with Gasteiger partial charge >= 0.3 is 0 Å². The van der Waals surface area contributed by atoms with Crippen molar-refractivity contribution in [3.63, 3.8) is 0 Å². The van der Waals surface area contributed by atoms with Crippen molar-refractivity contribution in [3.05, 3.63) is 107 Å². The molecule has 0 saturated heterocycles. The average molecular weight is 470 g/mol. The van der Waals surface area contributed by atoms with E-state index in [4.69, 9.17) is 23.2 Å². The second-order valence-electron chi connectivity index (χ2n) is 7.29. The van der Waals surface area contributed by atoms with Gasteiger partial charge in [0.2, 0.25) is 0 Å². The molecule has 1 heterocycles. The molecule has 4 aromatic carbocycles. The van der Waals surface area contributed by atoms with Gasteiger partial charge in [0, 0.05) is 26.5 Å². The van der Waals surface area contributed by atoms with Crippen LogP contribution in [0.3, 0.4) is 0 Å². The van der Waals surface area contributed by atoms with Crippen molar-refractivity contribution in [2.24, 2.45) is 20.5 Å². The molecule has 0 fully saturated rings. The largest absolute Gasteiger partial charge is 0.353 e. The van der Waals surface area contributed by atoms with Gasteiger partial charge in [0.15, 0.2) is 0 Å². The minimum Gasteiger partial charge on any atom is -0.353 e. The van der Waals surface area contributed by atoms with Gasteiger partial charge in [0.05, 0.1) is 22.8 Å². The number of aromatic amines is 1. The first-order valence-electron chi connectivity index (χ1n) is 10.2. The lowest BCUT2D eigenvalue weighted by molar-refractivity contribution is 1.23. The van der Waals surface area contributed by atoms with E-state index in [9.17, 15) is 0 Å². The van der Waals surface area contributed by atoms with E-state index in [2.05, 4.69) is 25.4 Å². The van der Waals surface area contributed by atoms with Crippen molar-refractivity contribution in [3.8, 4) is 11.3 Å². The number of azo groups is 2. The van der Waals surface area contributed by atoms with Crippen LogP contribution in [0.5, 0.6) is 0 Å². The molecular weight excluding hydrogens is 453 g/mol. The molecule has 0 radical (unpaired) electrons. The molecule has 7 heteroatoms. The predicted octanol–water partition coefficient (Wildman–Crippen LogP) is 9.97. The van der Waals surface area contributed by atoms with Crippen LogP contribution in [0.2, 0.25) is 10.0 Å². The number of benzene rings is 4. The van der Waals surface area contributed by atoms with Gasteiger partial charge in [-0.2, -0.15) is 15.3 Å². The fraction of sp³-hybridized carbons (Fsp3) is 0. The van der Waals surface area contributed by atoms with E-state index < -0.39 is 0 Å². The normalized spacial score (nSPS) is 11.7. The van der Waals surface area contributed by atoms with Crippen LogP contribution in [-0.2, 0) is 0 Å². The maximum Gasteiger partial charge on any atom is 0.119 e. The summed E-state index contributed by atoms with van der Waals surface area (Å²) in [6.45, 7) is 0. The highest BCUT2D eigenvalue weighted by molar-refractivity contribution is 6.30. The summed E-state index contributed by atoms with van der Waals surface area (Å²) in [7, 11) is 0. The number of hydrogen-bond acceptors (Lipinski definition) is 4. The SMILES string of the molecule is Clc1ccc(/N=N/c2ccc(-c3[nH]c4ccccc4c3/N=N/c3ccc(Cl)cc3)cc2)cc1. The molecule has 1 aromatic heterocycles. The number of nitrogens with one attached hydrogen (secondary N) is 1. The van der Waals surface area contributed by atoms with Crippen molar-refractivity contribution in [2.45, 2.75) is 0 Å². The number of halogens is 2. The molecule has 0 aliphatic rings. The van der Waals surface area contributed by atoms with Gasteiger partial charge in [-0.1, -0.05) is 53.5 Å². The Bertz CT molecular complexity index is 1450. The number of para-hydroxylation sites is 1. The Morgan fingerprint density at radius 1 is 0.515 bits per heavy atom. The molecule has 0 bridgehead atoms. The van der Waals surface area contributed by atoms with Crippen molar-refractivity contribution >= 4 is 56.9 Å². The first-order valence-corrected chi connectivity index (χ1v) is 11.0. The molecule has 160 valence electrons. The van der Waals surface area contributed by atoms with Crippen molar-refractivity contribution in [1.29, 1.82) is 0 Å². The molecule has 33 heavy (non-hydrogen) atoms. The fourth-order valence-electron chi connectivity index (χ4n) is 3.37. The van der Waals surface area contributed by atoms with Gasteiger partial charge in [-0.15, -0.1) is 5.11 Å². The molecule has 0 amide bonds. The van der Waals surface area contributed by atoms with Crippen molar-refractivity contribution in [1.82, 2.24) is 4.98 Å². The highest BCUT2D eigenvalue weighted by Crippen LogP contribution is 2.38. The van der Waals surface area contributed by atoms with Crippen LogP contribution >= 0.6 is 23.2 Å². The van der Waals surface area contributed by atoms with Crippen LogP contribution < -0.4 is 0 Å². The van der Waals surface area contributed by atoms with Gasteiger partial charge < -0.3 is 4.98 Å². The number of hydrogen-bond donors (Lipinski definition) is 1. The molecule has 5 rings (SSSR count). The van der Waals surface area contributed by atoms with Gasteiger partial charge in [-0.25, -0.2) is 0 Å². The third kappa shape index (κ3) is 4.85. The standard InChI is InChI=1S/C26H17Cl2N5/c27-18-7-13-21(14-8-18)31-30-20-11-5-17(6-12-20)25-26(23-3-1-2-4-24(23)29-25)33-32-22-15-9-19(28)10-16-22/h1-16,29H/b31-30+,33-32+. The Balaban J connectivity index is 1.47. The molecule has 0 aliphatic carbocycles. The van der Waals surface area contributed by atoms with Gasteiger partial charge in [-0.3, -0.25) is 0 Å². The molecule has 0 spiro atoms. The van der Waals surface area contributed by atoms with Gasteiger partial charge in [0.25, 0.3) is 0 Å². The van der Waals surface area contributed by atoms with E-state index in [1.165, 1.54) is 0 Å². The second-order valence-corrected chi connectivity index (χ2v) is 8.17. The zero-order chi connectivity index (χ0) is 22.6. The number of fused-ring (bicyclic) bond motifs is 1. The van der Waals surface area contributed by atoms with E-state index >= 15 is 0 Å². The zero-order valence-corrected chi connectivity index (χ0v) is 18.8. The highest BCUT2D eigenvalue weighted by atomic mass is 35.5. The van der Waals surface area contributed by atoms with Gasteiger partial charge in [-0.05, 0) is 66.7 Å². The molecular formula is C26H17Cl2N5. The summed E-state index contributed by atoms with van der Waals surface area (Å²) in [4.78, 5) is 3.47. The third-order valence-corrected chi connectivity index (χ3v) is 5.54. The van der Waals surface area contributed by atoms with E-state index in [1.54, 1.807) is 24.3 Å². The lowest BCUT2D eigenvalue weighted by atomic mass is 10.1. The van der Waals surface area contributed by atoms with E-state index in [0.717, 1.165) is 44.9 Å². The summed E-state index contributed by atoms with van der Waals surface area (Å²) in [5.74, 6) is 0. The summed E-state index contributed by atoms with van der Waals surface area (Å²) >= 11 is 11.9. The third-order valence-electron chi connectivity index (χ3n) is 5.03. The Kier molecular flexibility index (Phi) is 5.98. The summed E-state index contributed by atoms with van der Waals surface area (Å²) in [5.41, 5.74) is 5.84. The fourth-order valence-corrected chi connectivity index (χ4v) is 3.63. The molecule has 0 unspecified atom stereocenters. The minimum atomic E-state index is 0.662. The number of rotatable bonds is 5. The number of H-pyrrole nitrogens is 1. The highest BCUT2D eigenvalue weighted by Gasteiger charge is 2.13. The Hall–Kier alpha value is -3.80. The topological polar surface area (TPSA) is 65.2 Å². The van der Waals surface area contributed by atoms with Crippen LogP contribution in [-0.4, -0.2) is 4.98 Å². The second kappa shape index (κ2) is 9.36. The average Bonchev–Trinajstić information content (AvgIpc) is 3.22. The molecule has 5 aromatic rings. The van der Waals surface area contributed by atoms with Gasteiger partial charge in [0.1, 0.15) is 5.69 Å². The lowest BCUT2D eigenvalue weighted by Crippen LogP contribution is -1.77. The minimum absolute atomic E-state index is 0.662. The molecule has 0 aliphatic heterocycles. The molecule has 1 N–H and O–H groups in total. The zero-order valence-electron chi connectivity index (χ0n) is 17.3. The number of nitrogens with zero attached hydrogens (tertiary/aromatic N) is 4. The quantitative estimate of drug-likeness (QED) is 0.248. The predicted molar refractivity (Wildman–Crippen MR) is 135 cm³/mol. The summed E-state index contributed by atoms with van der Waals surface area (Å²) in [6, 6.07) is 30.3. The Morgan fingerprint density at radius 2 is 1.00 bits per heavy atom. The van der Waals surface area contributed by atoms with E-state index in [-0.39, 0.29) is 0 Å². The van der Waals surface area contributed by atoms with E-state index in [1.807, 2.05) is 72.8 Å². The summed E-state index contributed by atoms with van der Waals surface area (Å²) < 4.78 is 0. The van der Waals surface area contributed by atoms with E-state index in [0.29, 0.717) is 10.0 Å². The molecule has 0 atom stereocenters. The maximum atomic E-state index is 5.97. The monoisotopic (exact) mass is 469 g/mol. The molecule has 0 saturated carbocycles. The Morgan fingerprint density at radius 3 is 1.58 bits per heavy atom. The van der Waals surface area contributed by atoms with Crippen molar-refractivity contribution < 1.29 is 0 Å². The first kappa shape index (κ1) is 21.1. The van der Waals surface area contributed by atoms with Crippen LogP contribution in [0.4, 0.5) is 22.7 Å². The Labute approximate surface area is 200 Å². The van der Waals surface area contributed by atoms with Crippen molar-refractivity contribution in [2.75, 3.05) is 0 Å². The van der Waals surface area contributed by atoms with Crippen LogP contribution in [0.25, 0.3) is 22.2 Å². The van der Waals surface area contributed by atoms with Crippen LogP contribution in [0.15, 0.2) is 118 Å². The smallest absolute Gasteiger partial charge is 0.119 e. The van der Waals surface area contributed by atoms with Crippen LogP contribution in [0.1, 0.15) is 0 Å². The van der Waals surface area contributed by atoms with Crippen LogP contribution in [0, 0.1) is 0 Å². The summed E-state index contributed by atoms with van der Waals surface area (Å²) in [5, 5.41) is 19.9. The molecule has 5 nitrogen and oxygen atoms in total. The summed E-state index contributed by atoms with van der Waals surface area (Å²) in [6.07, 6.45) is 0. The maximum absolute atomic E-state index is 5.97. The number of aromatic nitrogens is 1.